The maximum Gasteiger partial charge on any atom is 0.240 e. The summed E-state index contributed by atoms with van der Waals surface area (Å²) in [5.74, 6) is -0.858. The number of hydrogen-bond acceptors (Lipinski definition) is 5. The van der Waals surface area contributed by atoms with Crippen LogP contribution in [-0.2, 0) is 14.4 Å². The Bertz CT molecular complexity index is 345. The van der Waals surface area contributed by atoms with E-state index >= 15 is 0 Å². The van der Waals surface area contributed by atoms with E-state index in [9.17, 15) is 14.4 Å². The zero-order chi connectivity index (χ0) is 15.7. The molecule has 2 atom stereocenters. The van der Waals surface area contributed by atoms with Crippen LogP contribution in [0.2, 0.25) is 0 Å². The van der Waals surface area contributed by atoms with Crippen LogP contribution in [0.15, 0.2) is 0 Å². The van der Waals surface area contributed by atoms with Crippen molar-refractivity contribution in [2.75, 3.05) is 19.6 Å². The van der Waals surface area contributed by atoms with E-state index in [1.54, 1.807) is 0 Å². The lowest BCUT2D eigenvalue weighted by Gasteiger charge is -2.17. The molecule has 20 heavy (non-hydrogen) atoms. The van der Waals surface area contributed by atoms with Gasteiger partial charge in [0.15, 0.2) is 5.78 Å². The molecule has 0 aliphatic heterocycles. The first-order valence-corrected chi connectivity index (χ1v) is 6.79. The topological polar surface area (TPSA) is 127 Å². The zero-order valence-electron chi connectivity index (χ0n) is 12.4. The molecule has 7 nitrogen and oxygen atoms in total. The highest BCUT2D eigenvalue weighted by Gasteiger charge is 2.20. The fourth-order valence-electron chi connectivity index (χ4n) is 1.76. The molecular formula is C13H26N4O3. The quantitative estimate of drug-likeness (QED) is 0.421. The van der Waals surface area contributed by atoms with E-state index in [0.29, 0.717) is 12.3 Å². The van der Waals surface area contributed by atoms with Crippen LogP contribution in [0.1, 0.15) is 27.2 Å². The monoisotopic (exact) mass is 286 g/mol. The van der Waals surface area contributed by atoms with Crippen LogP contribution >= 0.6 is 0 Å². The molecule has 0 rings (SSSR count). The molecule has 2 unspecified atom stereocenters. The molecule has 0 aliphatic carbocycles. The van der Waals surface area contributed by atoms with Gasteiger partial charge in [-0.25, -0.2) is 0 Å². The molecule has 0 saturated carbocycles. The molecule has 0 heterocycles. The summed E-state index contributed by atoms with van der Waals surface area (Å²) in [6.07, 6.45) is 0.669. The van der Waals surface area contributed by atoms with Crippen LogP contribution in [-0.4, -0.2) is 43.3 Å². The number of nitrogens with one attached hydrogen (secondary N) is 2. The standard InChI is InChI=1S/C13H26N4O3/c1-8(2)4-10(5-14)13(20)16-7-12(19)17-11(6-15)9(3)18/h8,10-11H,4-7,14-15H2,1-3H3,(H,16,20)(H,17,19). The average Bonchev–Trinajstić information content (AvgIpc) is 2.38. The molecule has 2 amide bonds. The van der Waals surface area contributed by atoms with Crippen molar-refractivity contribution in [1.29, 1.82) is 0 Å². The Labute approximate surface area is 119 Å². The molecule has 0 aliphatic rings. The highest BCUT2D eigenvalue weighted by atomic mass is 16.2. The molecule has 0 aromatic rings. The van der Waals surface area contributed by atoms with Gasteiger partial charge in [-0.2, -0.15) is 0 Å². The minimum absolute atomic E-state index is 0.0355. The molecule has 0 aromatic carbocycles. The third-order valence-electron chi connectivity index (χ3n) is 2.90. The van der Waals surface area contributed by atoms with Crippen molar-refractivity contribution in [3.63, 3.8) is 0 Å². The van der Waals surface area contributed by atoms with E-state index in [1.165, 1.54) is 6.92 Å². The minimum atomic E-state index is -0.708. The number of nitrogens with two attached hydrogens (primary N) is 2. The Morgan fingerprint density at radius 2 is 1.70 bits per heavy atom. The van der Waals surface area contributed by atoms with Crippen LogP contribution in [0.4, 0.5) is 0 Å². The van der Waals surface area contributed by atoms with Gasteiger partial charge in [0, 0.05) is 13.1 Å². The smallest absolute Gasteiger partial charge is 0.240 e. The SMILES string of the molecule is CC(=O)C(CN)NC(=O)CNC(=O)C(CN)CC(C)C. The second-order valence-electron chi connectivity index (χ2n) is 5.25. The number of ketones is 1. The molecule has 0 aromatic heterocycles. The average molecular weight is 286 g/mol. The van der Waals surface area contributed by atoms with Crippen LogP contribution < -0.4 is 22.1 Å². The molecule has 0 fully saturated rings. The van der Waals surface area contributed by atoms with Gasteiger partial charge in [-0.1, -0.05) is 13.8 Å². The summed E-state index contributed by atoms with van der Waals surface area (Å²) in [7, 11) is 0. The van der Waals surface area contributed by atoms with Crippen molar-refractivity contribution in [2.45, 2.75) is 33.2 Å². The first-order chi connectivity index (χ1) is 9.31. The Morgan fingerprint density at radius 3 is 2.10 bits per heavy atom. The van der Waals surface area contributed by atoms with Crippen molar-refractivity contribution in [3.8, 4) is 0 Å². The van der Waals surface area contributed by atoms with E-state index in [1.807, 2.05) is 13.8 Å². The third kappa shape index (κ3) is 7.20. The Morgan fingerprint density at radius 1 is 1.10 bits per heavy atom. The van der Waals surface area contributed by atoms with Crippen molar-refractivity contribution >= 4 is 17.6 Å². The van der Waals surface area contributed by atoms with Gasteiger partial charge in [0.2, 0.25) is 11.8 Å². The number of carbonyl (C=O) groups excluding carboxylic acids is 3. The summed E-state index contributed by atoms with van der Waals surface area (Å²) in [6, 6.07) is -0.708. The highest BCUT2D eigenvalue weighted by molar-refractivity contribution is 5.90. The largest absolute Gasteiger partial charge is 0.347 e. The molecule has 0 spiro atoms. The fraction of sp³-hybridized carbons (Fsp3) is 0.769. The molecule has 6 N–H and O–H groups in total. The normalized spacial score (nSPS) is 13.7. The van der Waals surface area contributed by atoms with E-state index in [0.717, 1.165) is 0 Å². The molecule has 7 heteroatoms. The highest BCUT2D eigenvalue weighted by Crippen LogP contribution is 2.10. The maximum atomic E-state index is 11.8. The van der Waals surface area contributed by atoms with E-state index in [4.69, 9.17) is 11.5 Å². The fourth-order valence-corrected chi connectivity index (χ4v) is 1.76. The molecule has 116 valence electrons. The van der Waals surface area contributed by atoms with Crippen molar-refractivity contribution in [2.24, 2.45) is 23.3 Å². The van der Waals surface area contributed by atoms with E-state index < -0.39 is 11.9 Å². The van der Waals surface area contributed by atoms with Gasteiger partial charge < -0.3 is 22.1 Å². The van der Waals surface area contributed by atoms with Crippen molar-refractivity contribution < 1.29 is 14.4 Å². The zero-order valence-corrected chi connectivity index (χ0v) is 12.4. The number of carbonyl (C=O) groups is 3. The van der Waals surface area contributed by atoms with Gasteiger partial charge in [-0.05, 0) is 19.3 Å². The van der Waals surface area contributed by atoms with Crippen molar-refractivity contribution in [3.05, 3.63) is 0 Å². The van der Waals surface area contributed by atoms with Gasteiger partial charge in [0.1, 0.15) is 0 Å². The second kappa shape index (κ2) is 9.44. The third-order valence-corrected chi connectivity index (χ3v) is 2.90. The van der Waals surface area contributed by atoms with Crippen LogP contribution in [0.3, 0.4) is 0 Å². The molecule has 0 saturated heterocycles. The summed E-state index contributed by atoms with van der Waals surface area (Å²) in [6.45, 7) is 5.45. The predicted octanol–water partition coefficient (Wildman–Crippen LogP) is -1.24. The van der Waals surface area contributed by atoms with Gasteiger partial charge in [-0.15, -0.1) is 0 Å². The molecule has 0 bridgehead atoms. The Balaban J connectivity index is 4.22. The lowest BCUT2D eigenvalue weighted by atomic mass is 9.96. The van der Waals surface area contributed by atoms with Crippen LogP contribution in [0, 0.1) is 11.8 Å². The summed E-state index contributed by atoms with van der Waals surface area (Å²) in [4.78, 5) is 34.6. The maximum absolute atomic E-state index is 11.8. The predicted molar refractivity (Wildman–Crippen MR) is 76.7 cm³/mol. The number of Topliss-reactive ketones (excluding diaryl/α,β-unsaturated/α-hetero) is 1. The number of rotatable bonds is 9. The van der Waals surface area contributed by atoms with Gasteiger partial charge >= 0.3 is 0 Å². The lowest BCUT2D eigenvalue weighted by molar-refractivity contribution is -0.129. The van der Waals surface area contributed by atoms with Gasteiger partial charge in [0.05, 0.1) is 18.5 Å². The lowest BCUT2D eigenvalue weighted by Crippen LogP contribution is -2.49. The van der Waals surface area contributed by atoms with Crippen LogP contribution in [0.25, 0.3) is 0 Å². The summed E-state index contributed by atoms with van der Waals surface area (Å²) >= 11 is 0. The first kappa shape index (κ1) is 18.5. The summed E-state index contributed by atoms with van der Waals surface area (Å²) in [5, 5.41) is 4.98. The molecular weight excluding hydrogens is 260 g/mol. The number of hydrogen-bond donors (Lipinski definition) is 4. The summed E-state index contributed by atoms with van der Waals surface area (Å²) < 4.78 is 0. The van der Waals surface area contributed by atoms with Gasteiger partial charge in [0.25, 0.3) is 0 Å². The van der Waals surface area contributed by atoms with Crippen LogP contribution in [0.5, 0.6) is 0 Å². The summed E-state index contributed by atoms with van der Waals surface area (Å²) in [5.41, 5.74) is 10.9. The van der Waals surface area contributed by atoms with Crippen molar-refractivity contribution in [1.82, 2.24) is 10.6 Å². The Kier molecular flexibility index (Phi) is 8.74. The van der Waals surface area contributed by atoms with E-state index in [2.05, 4.69) is 10.6 Å². The Hall–Kier alpha value is -1.47. The second-order valence-corrected chi connectivity index (χ2v) is 5.25. The van der Waals surface area contributed by atoms with Gasteiger partial charge in [-0.3, -0.25) is 14.4 Å². The molecule has 0 radical (unpaired) electrons. The first-order valence-electron chi connectivity index (χ1n) is 6.79. The van der Waals surface area contributed by atoms with E-state index in [-0.39, 0.29) is 37.2 Å². The number of amides is 2. The minimum Gasteiger partial charge on any atom is -0.347 e.